The van der Waals surface area contributed by atoms with Crippen molar-refractivity contribution < 1.29 is 4.74 Å². The zero-order chi connectivity index (χ0) is 13.5. The molecule has 100 valence electrons. The summed E-state index contributed by atoms with van der Waals surface area (Å²) >= 11 is 0. The van der Waals surface area contributed by atoms with Crippen LogP contribution >= 0.6 is 0 Å². The number of ether oxygens (including phenoxy) is 1. The number of nitrogens with zero attached hydrogens (tertiary/aromatic N) is 3. The summed E-state index contributed by atoms with van der Waals surface area (Å²) in [5.41, 5.74) is 1.06. The van der Waals surface area contributed by atoms with E-state index >= 15 is 0 Å². The summed E-state index contributed by atoms with van der Waals surface area (Å²) in [7, 11) is 1.60. The van der Waals surface area contributed by atoms with E-state index in [0.717, 1.165) is 17.9 Å². The van der Waals surface area contributed by atoms with Gasteiger partial charge in [-0.25, -0.2) is 9.97 Å². The van der Waals surface area contributed by atoms with Crippen LogP contribution in [0.3, 0.4) is 0 Å². The quantitative estimate of drug-likeness (QED) is 0.826. The van der Waals surface area contributed by atoms with Crippen molar-refractivity contribution >= 4 is 11.8 Å². The average molecular weight is 259 g/mol. The molecule has 6 nitrogen and oxygen atoms in total. The molecule has 0 aliphatic carbocycles. The number of nitrogens with one attached hydrogen (secondary N) is 2. The fourth-order valence-electron chi connectivity index (χ4n) is 1.53. The van der Waals surface area contributed by atoms with Crippen LogP contribution in [0.25, 0.3) is 0 Å². The Morgan fingerprint density at radius 1 is 1.16 bits per heavy atom. The van der Waals surface area contributed by atoms with Crippen LogP contribution in [0.2, 0.25) is 0 Å². The number of anilines is 2. The monoisotopic (exact) mass is 259 g/mol. The van der Waals surface area contributed by atoms with E-state index in [1.54, 1.807) is 19.5 Å². The maximum Gasteiger partial charge on any atom is 0.224 e. The minimum Gasteiger partial charge on any atom is -0.481 e. The Morgan fingerprint density at radius 3 is 2.74 bits per heavy atom. The van der Waals surface area contributed by atoms with E-state index in [9.17, 15) is 0 Å². The SMILES string of the molecule is CCNc1nccc(NCc2ccc(OC)nc2)n1. The highest BCUT2D eigenvalue weighted by Gasteiger charge is 1.99. The standard InChI is InChI=1S/C13H17N5O/c1-3-14-13-15-7-6-11(18-13)16-8-10-4-5-12(19-2)17-9-10/h4-7,9H,3,8H2,1-2H3,(H2,14,15,16,18). The Balaban J connectivity index is 1.95. The molecule has 0 saturated heterocycles. The van der Waals surface area contributed by atoms with Gasteiger partial charge < -0.3 is 15.4 Å². The van der Waals surface area contributed by atoms with Crippen molar-refractivity contribution in [3.8, 4) is 5.88 Å². The molecule has 2 aromatic rings. The van der Waals surface area contributed by atoms with Crippen molar-refractivity contribution in [2.45, 2.75) is 13.5 Å². The van der Waals surface area contributed by atoms with Gasteiger partial charge in [-0.2, -0.15) is 4.98 Å². The number of rotatable bonds is 6. The minimum absolute atomic E-state index is 0.611. The van der Waals surface area contributed by atoms with Gasteiger partial charge in [0.05, 0.1) is 7.11 Å². The Morgan fingerprint density at radius 2 is 2.05 bits per heavy atom. The van der Waals surface area contributed by atoms with Gasteiger partial charge in [0, 0.05) is 31.5 Å². The van der Waals surface area contributed by atoms with Gasteiger partial charge in [0.2, 0.25) is 11.8 Å². The van der Waals surface area contributed by atoms with Crippen LogP contribution in [0, 0.1) is 0 Å². The maximum atomic E-state index is 5.01. The molecule has 0 saturated carbocycles. The Kier molecular flexibility index (Phi) is 4.49. The Labute approximate surface area is 112 Å². The number of methoxy groups -OCH3 is 1. The van der Waals surface area contributed by atoms with E-state index in [0.29, 0.717) is 18.4 Å². The van der Waals surface area contributed by atoms with Crippen molar-refractivity contribution in [3.63, 3.8) is 0 Å². The number of hydrogen-bond acceptors (Lipinski definition) is 6. The van der Waals surface area contributed by atoms with Crippen LogP contribution in [-0.2, 0) is 6.54 Å². The summed E-state index contributed by atoms with van der Waals surface area (Å²) in [6.45, 7) is 3.46. The minimum atomic E-state index is 0.611. The summed E-state index contributed by atoms with van der Waals surface area (Å²) in [5.74, 6) is 2.02. The molecule has 0 amide bonds. The van der Waals surface area contributed by atoms with E-state index in [4.69, 9.17) is 4.74 Å². The van der Waals surface area contributed by atoms with Gasteiger partial charge in [0.25, 0.3) is 0 Å². The lowest BCUT2D eigenvalue weighted by atomic mass is 10.3. The van der Waals surface area contributed by atoms with Gasteiger partial charge in [-0.1, -0.05) is 6.07 Å². The molecular formula is C13H17N5O. The van der Waals surface area contributed by atoms with Gasteiger partial charge >= 0.3 is 0 Å². The smallest absolute Gasteiger partial charge is 0.224 e. The lowest BCUT2D eigenvalue weighted by molar-refractivity contribution is 0.397. The largest absolute Gasteiger partial charge is 0.481 e. The van der Waals surface area contributed by atoms with Crippen molar-refractivity contribution in [2.24, 2.45) is 0 Å². The average Bonchev–Trinajstić information content (AvgIpc) is 2.46. The molecule has 2 aromatic heterocycles. The summed E-state index contributed by atoms with van der Waals surface area (Å²) in [6.07, 6.45) is 3.50. The molecule has 2 rings (SSSR count). The van der Waals surface area contributed by atoms with Crippen molar-refractivity contribution in [1.29, 1.82) is 0 Å². The van der Waals surface area contributed by atoms with E-state index in [1.165, 1.54) is 0 Å². The summed E-state index contributed by atoms with van der Waals surface area (Å²) in [5, 5.41) is 6.30. The van der Waals surface area contributed by atoms with E-state index in [2.05, 4.69) is 25.6 Å². The molecule has 19 heavy (non-hydrogen) atoms. The molecule has 0 radical (unpaired) electrons. The highest BCUT2D eigenvalue weighted by molar-refractivity contribution is 5.40. The second kappa shape index (κ2) is 6.53. The van der Waals surface area contributed by atoms with Gasteiger partial charge in [0.15, 0.2) is 0 Å². The zero-order valence-corrected chi connectivity index (χ0v) is 11.1. The molecule has 0 fully saturated rings. The third-order valence-corrected chi connectivity index (χ3v) is 2.47. The zero-order valence-electron chi connectivity index (χ0n) is 11.1. The lowest BCUT2D eigenvalue weighted by Gasteiger charge is -2.07. The van der Waals surface area contributed by atoms with Crippen LogP contribution in [-0.4, -0.2) is 28.6 Å². The molecular weight excluding hydrogens is 242 g/mol. The fraction of sp³-hybridized carbons (Fsp3) is 0.308. The van der Waals surface area contributed by atoms with Crippen molar-refractivity contribution in [2.75, 3.05) is 24.3 Å². The van der Waals surface area contributed by atoms with Gasteiger partial charge in [0.1, 0.15) is 5.82 Å². The maximum absolute atomic E-state index is 5.01. The first-order valence-electron chi connectivity index (χ1n) is 6.11. The molecule has 0 atom stereocenters. The summed E-state index contributed by atoms with van der Waals surface area (Å²) in [6, 6.07) is 5.63. The Hall–Kier alpha value is -2.37. The highest BCUT2D eigenvalue weighted by atomic mass is 16.5. The van der Waals surface area contributed by atoms with Crippen molar-refractivity contribution in [3.05, 3.63) is 36.2 Å². The van der Waals surface area contributed by atoms with Crippen molar-refractivity contribution in [1.82, 2.24) is 15.0 Å². The Bertz CT molecular complexity index is 515. The normalized spacial score (nSPS) is 10.0. The van der Waals surface area contributed by atoms with Crippen LogP contribution in [0.4, 0.5) is 11.8 Å². The second-order valence-corrected chi connectivity index (χ2v) is 3.86. The predicted molar refractivity (Wildman–Crippen MR) is 74.3 cm³/mol. The number of pyridine rings is 1. The van der Waals surface area contributed by atoms with Gasteiger partial charge in [-0.05, 0) is 18.6 Å². The molecule has 0 aromatic carbocycles. The first-order chi connectivity index (χ1) is 9.31. The van der Waals surface area contributed by atoms with Crippen LogP contribution in [0.15, 0.2) is 30.6 Å². The van der Waals surface area contributed by atoms with Crippen LogP contribution in [0.1, 0.15) is 12.5 Å². The molecule has 0 aliphatic rings. The van der Waals surface area contributed by atoms with E-state index in [-0.39, 0.29) is 0 Å². The van der Waals surface area contributed by atoms with Crippen LogP contribution < -0.4 is 15.4 Å². The van der Waals surface area contributed by atoms with Gasteiger partial charge in [-0.15, -0.1) is 0 Å². The second-order valence-electron chi connectivity index (χ2n) is 3.86. The molecule has 2 N–H and O–H groups in total. The highest BCUT2D eigenvalue weighted by Crippen LogP contribution is 2.10. The third-order valence-electron chi connectivity index (χ3n) is 2.47. The first kappa shape index (κ1) is 13.1. The summed E-state index contributed by atoms with van der Waals surface area (Å²) in [4.78, 5) is 12.6. The molecule has 6 heteroatoms. The molecule has 0 bridgehead atoms. The summed E-state index contributed by atoms with van der Waals surface area (Å²) < 4.78 is 5.01. The van der Waals surface area contributed by atoms with E-state index in [1.807, 2.05) is 25.1 Å². The van der Waals surface area contributed by atoms with E-state index < -0.39 is 0 Å². The predicted octanol–water partition coefficient (Wildman–Crippen LogP) is 1.92. The topological polar surface area (TPSA) is 72.0 Å². The first-order valence-corrected chi connectivity index (χ1v) is 6.11. The van der Waals surface area contributed by atoms with Crippen LogP contribution in [0.5, 0.6) is 5.88 Å². The van der Waals surface area contributed by atoms with Gasteiger partial charge in [-0.3, -0.25) is 0 Å². The molecule has 0 spiro atoms. The number of aromatic nitrogens is 3. The third kappa shape index (κ3) is 3.80. The molecule has 0 unspecified atom stereocenters. The number of hydrogen-bond donors (Lipinski definition) is 2. The molecule has 0 aliphatic heterocycles. The molecule has 2 heterocycles. The lowest BCUT2D eigenvalue weighted by Crippen LogP contribution is -2.06. The fourth-order valence-corrected chi connectivity index (χ4v) is 1.53.